The minimum absolute atomic E-state index is 0.334. The lowest BCUT2D eigenvalue weighted by Gasteiger charge is -2.24. The first-order valence-electron chi connectivity index (χ1n) is 5.66. The lowest BCUT2D eigenvalue weighted by Crippen LogP contribution is -2.35. The van der Waals surface area contributed by atoms with Gasteiger partial charge in [0.05, 0.1) is 5.69 Å². The van der Waals surface area contributed by atoms with Gasteiger partial charge in [0, 0.05) is 6.54 Å². The topological polar surface area (TPSA) is 29.5 Å². The lowest BCUT2D eigenvalue weighted by molar-refractivity contribution is 0.0584. The van der Waals surface area contributed by atoms with Crippen molar-refractivity contribution in [2.45, 2.75) is 32.8 Å². The number of carbonyl (C=O) groups excluding carboxylic acids is 1. The fourth-order valence-corrected chi connectivity index (χ4v) is 1.86. The van der Waals surface area contributed by atoms with Gasteiger partial charge in [-0.15, -0.1) is 0 Å². The average Bonchev–Trinajstić information content (AvgIpc) is 2.57. The summed E-state index contributed by atoms with van der Waals surface area (Å²) in [5.41, 5.74) is 1.07. The van der Waals surface area contributed by atoms with Crippen LogP contribution in [0.25, 0.3) is 0 Å². The minimum atomic E-state index is -0.535. The minimum Gasteiger partial charge on any atom is -0.443 e. The second kappa shape index (κ2) is 4.02. The summed E-state index contributed by atoms with van der Waals surface area (Å²) in [6.07, 6.45) is 0.330. The van der Waals surface area contributed by atoms with E-state index in [1.54, 1.807) is 6.07 Å². The van der Waals surface area contributed by atoms with Gasteiger partial charge in [-0.05, 0) is 44.9 Å². The number of hydrogen-bond donors (Lipinski definition) is 0. The maximum atomic E-state index is 13.2. The van der Waals surface area contributed by atoms with Crippen LogP contribution in [-0.4, -0.2) is 18.2 Å². The zero-order valence-electron chi connectivity index (χ0n) is 10.3. The normalized spacial score (nSPS) is 14.7. The van der Waals surface area contributed by atoms with E-state index in [0.717, 1.165) is 12.0 Å². The lowest BCUT2D eigenvalue weighted by atomic mass is 10.2. The number of rotatable bonds is 0. The fraction of sp³-hybridized carbons (Fsp3) is 0.462. The molecule has 0 aliphatic carbocycles. The van der Waals surface area contributed by atoms with E-state index in [1.165, 1.54) is 17.0 Å². The highest BCUT2D eigenvalue weighted by Gasteiger charge is 2.28. The van der Waals surface area contributed by atoms with Crippen LogP contribution in [0.15, 0.2) is 18.2 Å². The Morgan fingerprint density at radius 1 is 1.41 bits per heavy atom. The largest absolute Gasteiger partial charge is 0.443 e. The molecule has 1 amide bonds. The van der Waals surface area contributed by atoms with E-state index in [4.69, 9.17) is 4.74 Å². The Balaban J connectivity index is 2.22. The van der Waals surface area contributed by atoms with E-state index in [0.29, 0.717) is 12.2 Å². The number of amides is 1. The van der Waals surface area contributed by atoms with Crippen LogP contribution >= 0.6 is 0 Å². The molecule has 0 fully saturated rings. The smallest absolute Gasteiger partial charge is 0.414 e. The highest BCUT2D eigenvalue weighted by Crippen LogP contribution is 2.29. The van der Waals surface area contributed by atoms with Gasteiger partial charge in [-0.2, -0.15) is 0 Å². The Morgan fingerprint density at radius 3 is 2.76 bits per heavy atom. The predicted molar refractivity (Wildman–Crippen MR) is 63.7 cm³/mol. The average molecular weight is 237 g/mol. The molecule has 4 heteroatoms. The van der Waals surface area contributed by atoms with Crippen LogP contribution in [0.1, 0.15) is 26.3 Å². The van der Waals surface area contributed by atoms with Crippen molar-refractivity contribution >= 4 is 11.8 Å². The summed E-state index contributed by atoms with van der Waals surface area (Å²) < 4.78 is 18.4. The molecule has 1 aliphatic heterocycles. The summed E-state index contributed by atoms with van der Waals surface area (Å²) in [7, 11) is 0. The Bertz CT molecular complexity index is 451. The maximum absolute atomic E-state index is 13.2. The molecule has 0 unspecified atom stereocenters. The molecule has 92 valence electrons. The molecule has 0 saturated heterocycles. The van der Waals surface area contributed by atoms with E-state index in [9.17, 15) is 9.18 Å². The molecular formula is C13H16FNO2. The first-order valence-corrected chi connectivity index (χ1v) is 5.66. The van der Waals surface area contributed by atoms with E-state index in [2.05, 4.69) is 0 Å². The predicted octanol–water partition coefficient (Wildman–Crippen LogP) is 3.12. The zero-order chi connectivity index (χ0) is 12.6. The standard InChI is InChI=1S/C13H16FNO2/c1-13(2,3)17-12(16)15-7-6-9-4-5-10(14)8-11(9)15/h4-5,8H,6-7H2,1-3H3. The van der Waals surface area contributed by atoms with E-state index in [1.807, 2.05) is 20.8 Å². The van der Waals surface area contributed by atoms with Gasteiger partial charge < -0.3 is 4.74 Å². The maximum Gasteiger partial charge on any atom is 0.414 e. The van der Waals surface area contributed by atoms with Crippen LogP contribution in [0.2, 0.25) is 0 Å². The molecular weight excluding hydrogens is 221 g/mol. The van der Waals surface area contributed by atoms with Crippen molar-refractivity contribution in [3.8, 4) is 0 Å². The SMILES string of the molecule is CC(C)(C)OC(=O)N1CCc2ccc(F)cc21. The first-order chi connectivity index (χ1) is 7.87. The van der Waals surface area contributed by atoms with Crippen molar-refractivity contribution in [1.29, 1.82) is 0 Å². The summed E-state index contributed by atoms with van der Waals surface area (Å²) in [5, 5.41) is 0. The van der Waals surface area contributed by atoms with Crippen molar-refractivity contribution in [2.24, 2.45) is 0 Å². The van der Waals surface area contributed by atoms with E-state index < -0.39 is 11.7 Å². The van der Waals surface area contributed by atoms with Crippen molar-refractivity contribution in [1.82, 2.24) is 0 Å². The second-order valence-electron chi connectivity index (χ2n) is 5.16. The number of ether oxygens (including phenoxy) is 1. The summed E-state index contributed by atoms with van der Waals surface area (Å²) >= 11 is 0. The number of carbonyl (C=O) groups is 1. The third-order valence-electron chi connectivity index (χ3n) is 2.56. The van der Waals surface area contributed by atoms with Gasteiger partial charge in [-0.3, -0.25) is 4.90 Å². The molecule has 0 bridgehead atoms. The van der Waals surface area contributed by atoms with Crippen LogP contribution in [0.5, 0.6) is 0 Å². The zero-order valence-corrected chi connectivity index (χ0v) is 10.3. The highest BCUT2D eigenvalue weighted by atomic mass is 19.1. The summed E-state index contributed by atoms with van der Waals surface area (Å²) in [6.45, 7) is 5.99. The molecule has 0 spiro atoms. The van der Waals surface area contributed by atoms with Crippen molar-refractivity contribution in [3.63, 3.8) is 0 Å². The van der Waals surface area contributed by atoms with Crippen molar-refractivity contribution < 1.29 is 13.9 Å². The number of halogens is 1. The van der Waals surface area contributed by atoms with E-state index >= 15 is 0 Å². The summed E-state index contributed by atoms with van der Waals surface area (Å²) in [6, 6.07) is 4.51. The van der Waals surface area contributed by atoms with Crippen LogP contribution in [0.3, 0.4) is 0 Å². The third-order valence-corrected chi connectivity index (χ3v) is 2.56. The van der Waals surface area contributed by atoms with Gasteiger partial charge in [0.25, 0.3) is 0 Å². The van der Waals surface area contributed by atoms with Crippen LogP contribution in [-0.2, 0) is 11.2 Å². The number of nitrogens with zero attached hydrogens (tertiary/aromatic N) is 1. The van der Waals surface area contributed by atoms with Gasteiger partial charge in [-0.25, -0.2) is 9.18 Å². The van der Waals surface area contributed by atoms with Gasteiger partial charge in [-0.1, -0.05) is 6.07 Å². The molecule has 1 aliphatic rings. The Hall–Kier alpha value is -1.58. The molecule has 0 N–H and O–H groups in total. The van der Waals surface area contributed by atoms with Crippen LogP contribution in [0, 0.1) is 5.82 Å². The molecule has 1 aromatic rings. The fourth-order valence-electron chi connectivity index (χ4n) is 1.86. The molecule has 1 heterocycles. The number of benzene rings is 1. The molecule has 0 radical (unpaired) electrons. The molecule has 0 saturated carbocycles. The molecule has 2 rings (SSSR count). The highest BCUT2D eigenvalue weighted by molar-refractivity contribution is 5.90. The molecule has 17 heavy (non-hydrogen) atoms. The van der Waals surface area contributed by atoms with Gasteiger partial charge >= 0.3 is 6.09 Å². The monoisotopic (exact) mass is 237 g/mol. The third kappa shape index (κ3) is 2.57. The molecule has 0 atom stereocenters. The van der Waals surface area contributed by atoms with Gasteiger partial charge in [0.15, 0.2) is 0 Å². The van der Waals surface area contributed by atoms with Crippen molar-refractivity contribution in [3.05, 3.63) is 29.6 Å². The van der Waals surface area contributed by atoms with Gasteiger partial charge in [0.2, 0.25) is 0 Å². The number of hydrogen-bond acceptors (Lipinski definition) is 2. The Labute approximate surface area is 100 Å². The first kappa shape index (κ1) is 11.9. The molecule has 0 aromatic heterocycles. The number of fused-ring (bicyclic) bond motifs is 1. The number of anilines is 1. The molecule has 3 nitrogen and oxygen atoms in total. The Morgan fingerprint density at radius 2 is 2.12 bits per heavy atom. The molecule has 1 aromatic carbocycles. The Kier molecular flexibility index (Phi) is 2.81. The quantitative estimate of drug-likeness (QED) is 0.693. The van der Waals surface area contributed by atoms with Crippen LogP contribution < -0.4 is 4.90 Å². The van der Waals surface area contributed by atoms with Crippen LogP contribution in [0.4, 0.5) is 14.9 Å². The summed E-state index contributed by atoms with van der Waals surface area (Å²) in [5.74, 6) is -0.334. The summed E-state index contributed by atoms with van der Waals surface area (Å²) in [4.78, 5) is 13.4. The van der Waals surface area contributed by atoms with E-state index in [-0.39, 0.29) is 5.82 Å². The van der Waals surface area contributed by atoms with Crippen molar-refractivity contribution in [2.75, 3.05) is 11.4 Å². The second-order valence-corrected chi connectivity index (χ2v) is 5.16. The van der Waals surface area contributed by atoms with Gasteiger partial charge in [0.1, 0.15) is 11.4 Å².